The third-order valence-electron chi connectivity index (χ3n) is 8.14. The fraction of sp³-hybridized carbons (Fsp3) is 0.333. The van der Waals surface area contributed by atoms with Gasteiger partial charge < -0.3 is 24.6 Å². The zero-order valence-electron chi connectivity index (χ0n) is 24.4. The predicted octanol–water partition coefficient (Wildman–Crippen LogP) is 2.73. The van der Waals surface area contributed by atoms with Crippen LogP contribution in [0.1, 0.15) is 24.8 Å². The number of hydrogen-bond donors (Lipinski definition) is 1. The molecule has 44 heavy (non-hydrogen) atoms. The minimum absolute atomic E-state index is 0.121. The summed E-state index contributed by atoms with van der Waals surface area (Å²) in [6.45, 7) is 3.08. The van der Waals surface area contributed by atoms with Crippen LogP contribution < -0.4 is 30.9 Å². The molecule has 11 heteroatoms. The van der Waals surface area contributed by atoms with E-state index in [0.717, 1.165) is 11.3 Å². The molecule has 0 unspecified atom stereocenters. The fourth-order valence-corrected chi connectivity index (χ4v) is 5.70. The van der Waals surface area contributed by atoms with E-state index < -0.39 is 11.2 Å². The summed E-state index contributed by atoms with van der Waals surface area (Å²) in [5.41, 5.74) is 1.56. The topological polar surface area (TPSA) is 115 Å². The Morgan fingerprint density at radius 2 is 1.55 bits per heavy atom. The van der Waals surface area contributed by atoms with Crippen LogP contribution in [0.2, 0.25) is 0 Å². The number of carbonyl (C=O) groups excluding carboxylic acids is 2. The number of fused-ring (bicyclic) bond motifs is 2. The summed E-state index contributed by atoms with van der Waals surface area (Å²) in [7, 11) is 0. The SMILES string of the molecule is O=C(CCCCn1c(=O)c2ccccc2n(CC(=O)N2CCN(c3ccccc3)CC2)c1=O)NCc1ccc2c(c1)OCO2. The Morgan fingerprint density at radius 1 is 0.795 bits per heavy atom. The van der Waals surface area contributed by atoms with Gasteiger partial charge in [-0.15, -0.1) is 0 Å². The van der Waals surface area contributed by atoms with E-state index in [2.05, 4.69) is 22.3 Å². The lowest BCUT2D eigenvalue weighted by Crippen LogP contribution is -2.50. The van der Waals surface area contributed by atoms with Crippen molar-refractivity contribution < 1.29 is 19.1 Å². The van der Waals surface area contributed by atoms with Crippen LogP contribution in [-0.4, -0.2) is 58.8 Å². The predicted molar refractivity (Wildman–Crippen MR) is 166 cm³/mol. The molecule has 3 aromatic carbocycles. The second kappa shape index (κ2) is 13.1. The molecule has 11 nitrogen and oxygen atoms in total. The number of benzene rings is 3. The number of nitrogens with zero attached hydrogens (tertiary/aromatic N) is 4. The Hall–Kier alpha value is -5.06. The number of rotatable bonds is 10. The lowest BCUT2D eigenvalue weighted by molar-refractivity contribution is -0.132. The van der Waals surface area contributed by atoms with Crippen LogP contribution in [0.5, 0.6) is 11.5 Å². The average molecular weight is 598 g/mol. The zero-order valence-corrected chi connectivity index (χ0v) is 24.4. The molecule has 0 bridgehead atoms. The molecular weight excluding hydrogens is 562 g/mol. The van der Waals surface area contributed by atoms with Crippen molar-refractivity contribution in [3.05, 3.63) is 99.2 Å². The highest BCUT2D eigenvalue weighted by Gasteiger charge is 2.23. The number of hydrogen-bond acceptors (Lipinski definition) is 7. The molecule has 0 spiro atoms. The smallest absolute Gasteiger partial charge is 0.331 e. The summed E-state index contributed by atoms with van der Waals surface area (Å²) in [5.74, 6) is 1.07. The Bertz CT molecular complexity index is 1780. The van der Waals surface area contributed by atoms with Crippen molar-refractivity contribution in [2.24, 2.45) is 0 Å². The first-order chi connectivity index (χ1) is 21.5. The molecule has 6 rings (SSSR count). The quantitative estimate of drug-likeness (QED) is 0.280. The van der Waals surface area contributed by atoms with E-state index in [0.29, 0.717) is 68.0 Å². The third-order valence-corrected chi connectivity index (χ3v) is 8.14. The summed E-state index contributed by atoms with van der Waals surface area (Å²) >= 11 is 0. The number of nitrogens with one attached hydrogen (secondary N) is 1. The number of aromatic nitrogens is 2. The number of piperazine rings is 1. The summed E-state index contributed by atoms with van der Waals surface area (Å²) < 4.78 is 13.3. The van der Waals surface area contributed by atoms with Gasteiger partial charge in [0.25, 0.3) is 5.56 Å². The van der Waals surface area contributed by atoms with Gasteiger partial charge in [-0.2, -0.15) is 0 Å². The third kappa shape index (κ3) is 6.31. The average Bonchev–Trinajstić information content (AvgIpc) is 3.54. The fourth-order valence-electron chi connectivity index (χ4n) is 5.70. The van der Waals surface area contributed by atoms with Crippen LogP contribution in [0, 0.1) is 0 Å². The molecule has 228 valence electrons. The molecule has 3 heterocycles. The number of para-hydroxylation sites is 2. The molecule has 4 aromatic rings. The van der Waals surface area contributed by atoms with Gasteiger partial charge in [-0.05, 0) is 54.8 Å². The van der Waals surface area contributed by atoms with Gasteiger partial charge in [-0.1, -0.05) is 36.4 Å². The lowest BCUT2D eigenvalue weighted by Gasteiger charge is -2.36. The number of ether oxygens (including phenoxy) is 2. The van der Waals surface area contributed by atoms with Gasteiger partial charge in [0, 0.05) is 51.4 Å². The maximum atomic E-state index is 13.6. The first-order valence-corrected chi connectivity index (χ1v) is 14.9. The van der Waals surface area contributed by atoms with Crippen LogP contribution in [0.15, 0.2) is 82.4 Å². The molecule has 1 aromatic heterocycles. The molecule has 1 N–H and O–H groups in total. The molecule has 0 atom stereocenters. The Kier molecular flexibility index (Phi) is 8.62. The van der Waals surface area contributed by atoms with Gasteiger partial charge >= 0.3 is 5.69 Å². The van der Waals surface area contributed by atoms with Crippen LogP contribution in [0.4, 0.5) is 5.69 Å². The van der Waals surface area contributed by atoms with Crippen LogP contribution in [0.25, 0.3) is 10.9 Å². The van der Waals surface area contributed by atoms with E-state index in [9.17, 15) is 19.2 Å². The van der Waals surface area contributed by atoms with Crippen molar-refractivity contribution in [2.45, 2.75) is 38.9 Å². The summed E-state index contributed by atoms with van der Waals surface area (Å²) in [6, 6.07) is 22.5. The Morgan fingerprint density at radius 3 is 2.36 bits per heavy atom. The number of amides is 2. The van der Waals surface area contributed by atoms with E-state index in [-0.39, 0.29) is 38.1 Å². The molecule has 2 aliphatic heterocycles. The highest BCUT2D eigenvalue weighted by molar-refractivity contribution is 5.82. The second-order valence-corrected chi connectivity index (χ2v) is 11.0. The van der Waals surface area contributed by atoms with Gasteiger partial charge in [0.05, 0.1) is 10.9 Å². The second-order valence-electron chi connectivity index (χ2n) is 11.0. The summed E-state index contributed by atoms with van der Waals surface area (Å²) in [5, 5.41) is 3.28. The van der Waals surface area contributed by atoms with Gasteiger partial charge in [0.1, 0.15) is 6.54 Å². The molecule has 2 amide bonds. The van der Waals surface area contributed by atoms with E-state index in [1.807, 2.05) is 36.4 Å². The highest BCUT2D eigenvalue weighted by atomic mass is 16.7. The van der Waals surface area contributed by atoms with E-state index in [1.165, 1.54) is 9.13 Å². The van der Waals surface area contributed by atoms with Crippen molar-refractivity contribution in [3.8, 4) is 11.5 Å². The first-order valence-electron chi connectivity index (χ1n) is 14.9. The van der Waals surface area contributed by atoms with Crippen molar-refractivity contribution in [1.82, 2.24) is 19.4 Å². The summed E-state index contributed by atoms with van der Waals surface area (Å²) in [6.07, 6.45) is 1.21. The van der Waals surface area contributed by atoms with Gasteiger partial charge in [-0.3, -0.25) is 23.5 Å². The van der Waals surface area contributed by atoms with Gasteiger partial charge in [-0.25, -0.2) is 4.79 Å². The van der Waals surface area contributed by atoms with Crippen LogP contribution in [0.3, 0.4) is 0 Å². The normalized spacial score (nSPS) is 14.2. The van der Waals surface area contributed by atoms with Crippen LogP contribution >= 0.6 is 0 Å². The summed E-state index contributed by atoms with van der Waals surface area (Å²) in [4.78, 5) is 56.7. The minimum Gasteiger partial charge on any atom is -0.454 e. The molecule has 1 saturated heterocycles. The molecule has 0 aliphatic carbocycles. The van der Waals surface area contributed by atoms with Crippen molar-refractivity contribution >= 4 is 28.4 Å². The van der Waals surface area contributed by atoms with Crippen molar-refractivity contribution in [3.63, 3.8) is 0 Å². The van der Waals surface area contributed by atoms with Gasteiger partial charge in [0.2, 0.25) is 18.6 Å². The van der Waals surface area contributed by atoms with Crippen molar-refractivity contribution in [1.29, 1.82) is 0 Å². The maximum Gasteiger partial charge on any atom is 0.331 e. The number of unbranched alkanes of at least 4 members (excludes halogenated alkanes) is 1. The van der Waals surface area contributed by atoms with E-state index in [4.69, 9.17) is 9.47 Å². The molecule has 0 radical (unpaired) electrons. The van der Waals surface area contributed by atoms with E-state index >= 15 is 0 Å². The first kappa shape index (κ1) is 29.0. The highest BCUT2D eigenvalue weighted by Crippen LogP contribution is 2.32. The minimum atomic E-state index is -0.516. The monoisotopic (exact) mass is 597 g/mol. The molecule has 0 saturated carbocycles. The van der Waals surface area contributed by atoms with Crippen molar-refractivity contribution in [2.75, 3.05) is 37.9 Å². The van der Waals surface area contributed by atoms with E-state index in [1.54, 1.807) is 29.2 Å². The molecule has 1 fully saturated rings. The Labute approximate surface area is 254 Å². The van der Waals surface area contributed by atoms with Gasteiger partial charge in [0.15, 0.2) is 11.5 Å². The zero-order chi connectivity index (χ0) is 30.5. The molecular formula is C33H35N5O6. The number of carbonyl (C=O) groups is 2. The Balaban J connectivity index is 1.06. The molecule has 2 aliphatic rings. The standard InChI is InChI=1S/C33H35N5O6/c39-30(34-21-24-13-14-28-29(20-24)44-23-43-28)12-6-7-15-37-32(41)26-10-4-5-11-27(26)38(33(37)42)22-31(40)36-18-16-35(17-19-36)25-8-2-1-3-9-25/h1-5,8-11,13-14,20H,6-7,12,15-19,21-23H2,(H,34,39). The number of anilines is 1. The maximum absolute atomic E-state index is 13.6. The largest absolute Gasteiger partial charge is 0.454 e. The van der Waals surface area contributed by atoms with Crippen LogP contribution in [-0.2, 0) is 29.2 Å². The lowest BCUT2D eigenvalue weighted by atomic mass is 10.2.